The summed E-state index contributed by atoms with van der Waals surface area (Å²) in [6.07, 6.45) is 3.97. The first-order valence-corrected chi connectivity index (χ1v) is 13.6. The number of non-ortho nitro benzene ring substituents is 1. The summed E-state index contributed by atoms with van der Waals surface area (Å²) in [4.78, 5) is 42.1. The van der Waals surface area contributed by atoms with Gasteiger partial charge in [-0.3, -0.25) is 24.6 Å². The van der Waals surface area contributed by atoms with Crippen molar-refractivity contribution in [3.63, 3.8) is 0 Å². The fraction of sp³-hybridized carbons (Fsp3) is 0.538. The highest BCUT2D eigenvalue weighted by Gasteiger charge is 2.42. The zero-order chi connectivity index (χ0) is 26.4. The SMILES string of the molecule is COCC(=O)N1CC(N(Cc2ccc([N+](=O)[O-])cc2)Cc2cccs2)CC1C(=O)NC1CCC(N)CC1. The van der Waals surface area contributed by atoms with Crippen LogP contribution in [-0.4, -0.2) is 71.0 Å². The molecule has 2 heterocycles. The van der Waals surface area contributed by atoms with E-state index in [1.54, 1.807) is 28.4 Å². The molecule has 1 aromatic heterocycles. The molecule has 11 heteroatoms. The molecule has 2 fully saturated rings. The van der Waals surface area contributed by atoms with E-state index in [1.807, 2.05) is 11.4 Å². The summed E-state index contributed by atoms with van der Waals surface area (Å²) in [5.74, 6) is -0.332. The molecule has 10 nitrogen and oxygen atoms in total. The van der Waals surface area contributed by atoms with Crippen LogP contribution in [0.1, 0.15) is 42.5 Å². The molecule has 3 N–H and O–H groups in total. The Hall–Kier alpha value is -2.86. The second kappa shape index (κ2) is 12.6. The van der Waals surface area contributed by atoms with E-state index in [9.17, 15) is 19.7 Å². The van der Waals surface area contributed by atoms with Crippen LogP contribution in [-0.2, 0) is 27.4 Å². The van der Waals surface area contributed by atoms with E-state index in [0.717, 1.165) is 31.2 Å². The summed E-state index contributed by atoms with van der Waals surface area (Å²) < 4.78 is 5.11. The molecule has 2 amide bonds. The Morgan fingerprint density at radius 3 is 2.54 bits per heavy atom. The van der Waals surface area contributed by atoms with Crippen molar-refractivity contribution in [1.29, 1.82) is 0 Å². The van der Waals surface area contributed by atoms with Crippen LogP contribution >= 0.6 is 11.3 Å². The molecule has 1 saturated heterocycles. The van der Waals surface area contributed by atoms with E-state index in [1.165, 1.54) is 24.1 Å². The van der Waals surface area contributed by atoms with Crippen molar-refractivity contribution in [2.75, 3.05) is 20.3 Å². The lowest BCUT2D eigenvalue weighted by Gasteiger charge is -2.30. The Labute approximate surface area is 220 Å². The van der Waals surface area contributed by atoms with E-state index in [2.05, 4.69) is 16.3 Å². The summed E-state index contributed by atoms with van der Waals surface area (Å²) >= 11 is 1.65. The molecule has 1 aliphatic heterocycles. The highest BCUT2D eigenvalue weighted by atomic mass is 32.1. The smallest absolute Gasteiger partial charge is 0.269 e. The lowest BCUT2D eigenvalue weighted by atomic mass is 9.91. The van der Waals surface area contributed by atoms with Crippen LogP contribution < -0.4 is 11.1 Å². The van der Waals surface area contributed by atoms with Crippen molar-refractivity contribution >= 4 is 28.8 Å². The van der Waals surface area contributed by atoms with Gasteiger partial charge in [0.2, 0.25) is 11.8 Å². The monoisotopic (exact) mass is 529 g/mol. The maximum Gasteiger partial charge on any atom is 0.269 e. The minimum atomic E-state index is -0.578. The zero-order valence-corrected chi connectivity index (χ0v) is 21.9. The van der Waals surface area contributed by atoms with Gasteiger partial charge in [-0.1, -0.05) is 18.2 Å². The van der Waals surface area contributed by atoms with E-state index in [4.69, 9.17) is 10.5 Å². The first kappa shape index (κ1) is 27.2. The number of nitrogens with two attached hydrogens (primary N) is 1. The molecule has 200 valence electrons. The molecule has 0 radical (unpaired) electrons. The highest BCUT2D eigenvalue weighted by Crippen LogP contribution is 2.28. The van der Waals surface area contributed by atoms with E-state index in [-0.39, 0.29) is 42.2 Å². The molecular formula is C26H35N5O5S. The lowest BCUT2D eigenvalue weighted by Crippen LogP contribution is -2.50. The molecule has 2 aromatic rings. The number of nitrogens with zero attached hydrogens (tertiary/aromatic N) is 3. The molecular weight excluding hydrogens is 494 g/mol. The van der Waals surface area contributed by atoms with Crippen molar-refractivity contribution < 1.29 is 19.2 Å². The number of carbonyl (C=O) groups is 2. The van der Waals surface area contributed by atoms with Gasteiger partial charge in [-0.05, 0) is 49.1 Å². The van der Waals surface area contributed by atoms with Gasteiger partial charge in [-0.15, -0.1) is 11.3 Å². The quantitative estimate of drug-likeness (QED) is 0.357. The van der Waals surface area contributed by atoms with Crippen LogP contribution in [0, 0.1) is 10.1 Å². The summed E-state index contributed by atoms with van der Waals surface area (Å²) in [5, 5.41) is 16.3. The average molecular weight is 530 g/mol. The molecule has 4 rings (SSSR count). The minimum Gasteiger partial charge on any atom is -0.375 e. The first-order valence-electron chi connectivity index (χ1n) is 12.7. The number of thiophene rings is 1. The van der Waals surface area contributed by atoms with Crippen molar-refractivity contribution in [1.82, 2.24) is 15.1 Å². The number of benzene rings is 1. The molecule has 0 bridgehead atoms. The lowest BCUT2D eigenvalue weighted by molar-refractivity contribution is -0.384. The standard InChI is InChI=1S/C26H35N5O5S/c1-36-17-25(32)30-15-22(13-24(30)26(33)28-20-8-6-19(27)7-9-20)29(16-23-3-2-12-37-23)14-18-4-10-21(11-5-18)31(34)35/h2-5,10-12,19-20,22,24H,6-9,13-17,27H2,1H3,(H,28,33). The maximum absolute atomic E-state index is 13.4. The number of nitro groups is 1. The fourth-order valence-corrected chi connectivity index (χ4v) is 5.97. The van der Waals surface area contributed by atoms with Gasteiger partial charge in [0.1, 0.15) is 12.6 Å². The second-order valence-electron chi connectivity index (χ2n) is 9.91. The van der Waals surface area contributed by atoms with Gasteiger partial charge in [-0.25, -0.2) is 0 Å². The molecule has 2 unspecified atom stereocenters. The van der Waals surface area contributed by atoms with Gasteiger partial charge in [-0.2, -0.15) is 0 Å². The Morgan fingerprint density at radius 1 is 1.19 bits per heavy atom. The summed E-state index contributed by atoms with van der Waals surface area (Å²) in [7, 11) is 1.48. The minimum absolute atomic E-state index is 0.0474. The fourth-order valence-electron chi connectivity index (χ4n) is 5.24. The molecule has 0 spiro atoms. The topological polar surface area (TPSA) is 131 Å². The van der Waals surface area contributed by atoms with E-state index >= 15 is 0 Å². The largest absolute Gasteiger partial charge is 0.375 e. The van der Waals surface area contributed by atoms with E-state index < -0.39 is 11.0 Å². The molecule has 2 atom stereocenters. The van der Waals surface area contributed by atoms with Gasteiger partial charge < -0.3 is 20.7 Å². The number of ether oxygens (including phenoxy) is 1. The van der Waals surface area contributed by atoms with Gasteiger partial charge in [0.05, 0.1) is 4.92 Å². The number of nitrogens with one attached hydrogen (secondary N) is 1. The third kappa shape index (κ3) is 7.13. The Bertz CT molecular complexity index is 1060. The Morgan fingerprint density at radius 2 is 1.92 bits per heavy atom. The van der Waals surface area contributed by atoms with Gasteiger partial charge in [0.25, 0.3) is 5.69 Å². The second-order valence-corrected chi connectivity index (χ2v) is 10.9. The predicted octanol–water partition coefficient (Wildman–Crippen LogP) is 2.66. The summed E-state index contributed by atoms with van der Waals surface area (Å²) in [5.41, 5.74) is 7.00. The number of hydrogen-bond acceptors (Lipinski definition) is 8. The van der Waals surface area contributed by atoms with Crippen LogP contribution in [0.4, 0.5) is 5.69 Å². The summed E-state index contributed by atoms with van der Waals surface area (Å²) in [6, 6.07) is 10.2. The Balaban J connectivity index is 1.52. The van der Waals surface area contributed by atoms with Crippen LogP contribution in [0.5, 0.6) is 0 Å². The van der Waals surface area contributed by atoms with Crippen molar-refractivity contribution in [3.8, 4) is 0 Å². The predicted molar refractivity (Wildman–Crippen MR) is 141 cm³/mol. The van der Waals surface area contributed by atoms with Crippen LogP contribution in [0.3, 0.4) is 0 Å². The van der Waals surface area contributed by atoms with Gasteiger partial charge in [0.15, 0.2) is 0 Å². The van der Waals surface area contributed by atoms with Gasteiger partial charge >= 0.3 is 0 Å². The highest BCUT2D eigenvalue weighted by molar-refractivity contribution is 7.09. The zero-order valence-electron chi connectivity index (χ0n) is 21.1. The normalized spacial score (nSPS) is 23.8. The van der Waals surface area contributed by atoms with Crippen LogP contribution in [0.2, 0.25) is 0 Å². The molecule has 1 aliphatic carbocycles. The number of likely N-dealkylation sites (tertiary alicyclic amines) is 1. The van der Waals surface area contributed by atoms with Crippen LogP contribution in [0.15, 0.2) is 41.8 Å². The number of methoxy groups -OCH3 is 1. The summed E-state index contributed by atoms with van der Waals surface area (Å²) in [6.45, 7) is 1.53. The van der Waals surface area contributed by atoms with Crippen molar-refractivity contribution in [2.24, 2.45) is 5.73 Å². The Kier molecular flexibility index (Phi) is 9.25. The molecule has 1 aromatic carbocycles. The molecule has 2 aliphatic rings. The van der Waals surface area contributed by atoms with Crippen LogP contribution in [0.25, 0.3) is 0 Å². The van der Waals surface area contributed by atoms with Crippen molar-refractivity contribution in [2.45, 2.75) is 69.4 Å². The number of rotatable bonds is 10. The number of amides is 2. The molecule has 37 heavy (non-hydrogen) atoms. The molecule has 1 saturated carbocycles. The maximum atomic E-state index is 13.4. The number of nitro benzene ring substituents is 1. The number of carbonyl (C=O) groups excluding carboxylic acids is 2. The number of hydrogen-bond donors (Lipinski definition) is 2. The third-order valence-corrected chi connectivity index (χ3v) is 8.14. The van der Waals surface area contributed by atoms with E-state index in [0.29, 0.717) is 26.1 Å². The van der Waals surface area contributed by atoms with Crippen molar-refractivity contribution in [3.05, 3.63) is 62.3 Å². The first-order chi connectivity index (χ1) is 17.8. The van der Waals surface area contributed by atoms with Gasteiger partial charge in [0, 0.05) is 61.9 Å². The average Bonchev–Trinajstić information content (AvgIpc) is 3.56. The third-order valence-electron chi connectivity index (χ3n) is 7.28.